The maximum atomic E-state index is 11.7. The molecule has 98 valence electrons. The van der Waals surface area contributed by atoms with Gasteiger partial charge in [0.2, 0.25) is 5.91 Å². The molecule has 1 aromatic carbocycles. The smallest absolute Gasteiger partial charge is 0.231 e. The Morgan fingerprint density at radius 2 is 2.22 bits per heavy atom. The molecule has 2 atom stereocenters. The van der Waals surface area contributed by atoms with Crippen LogP contribution in [0.1, 0.15) is 42.5 Å². The van der Waals surface area contributed by atoms with Crippen LogP contribution in [0.15, 0.2) is 12.1 Å². The molecule has 4 nitrogen and oxygen atoms in total. The molecule has 4 heteroatoms. The van der Waals surface area contributed by atoms with Crippen LogP contribution in [0, 0.1) is 0 Å². The van der Waals surface area contributed by atoms with Gasteiger partial charge in [0.15, 0.2) is 0 Å². The number of methoxy groups -OCH3 is 1. The van der Waals surface area contributed by atoms with Crippen LogP contribution in [0.3, 0.4) is 0 Å². The Hall–Kier alpha value is -1.39. The van der Waals surface area contributed by atoms with Crippen molar-refractivity contribution in [3.05, 3.63) is 28.8 Å². The van der Waals surface area contributed by atoms with Gasteiger partial charge >= 0.3 is 0 Å². The number of ether oxygens (including phenoxy) is 1. The maximum absolute atomic E-state index is 11.7. The summed E-state index contributed by atoms with van der Waals surface area (Å²) in [6, 6.07) is 3.95. The Morgan fingerprint density at radius 3 is 2.83 bits per heavy atom. The maximum Gasteiger partial charge on any atom is 0.231 e. The number of hydrogen-bond acceptors (Lipinski definition) is 3. The minimum Gasteiger partial charge on any atom is -0.383 e. The number of rotatable bonds is 4. The molecule has 2 rings (SSSR count). The zero-order valence-corrected chi connectivity index (χ0v) is 11.1. The number of fused-ring (bicyclic) bond motifs is 1. The molecule has 1 aliphatic heterocycles. The van der Waals surface area contributed by atoms with Crippen LogP contribution in [-0.4, -0.2) is 19.6 Å². The fourth-order valence-corrected chi connectivity index (χ4v) is 2.39. The predicted octanol–water partition coefficient (Wildman–Crippen LogP) is 1.95. The third-order valence-electron chi connectivity index (χ3n) is 3.54. The molecule has 0 aromatic heterocycles. The van der Waals surface area contributed by atoms with Gasteiger partial charge < -0.3 is 15.8 Å². The Kier molecular flexibility index (Phi) is 3.68. The molecule has 1 aromatic rings. The highest BCUT2D eigenvalue weighted by atomic mass is 16.5. The lowest BCUT2D eigenvalue weighted by Gasteiger charge is -2.15. The summed E-state index contributed by atoms with van der Waals surface area (Å²) in [7, 11) is 1.64. The van der Waals surface area contributed by atoms with E-state index in [1.807, 2.05) is 13.0 Å². The Morgan fingerprint density at radius 1 is 1.50 bits per heavy atom. The number of aryl methyl sites for hydroxylation is 1. The van der Waals surface area contributed by atoms with Gasteiger partial charge in [0.25, 0.3) is 0 Å². The number of hydrogen-bond donors (Lipinski definition) is 2. The van der Waals surface area contributed by atoms with Crippen LogP contribution in [-0.2, 0) is 16.0 Å². The summed E-state index contributed by atoms with van der Waals surface area (Å²) in [4.78, 5) is 11.7. The second-order valence-corrected chi connectivity index (χ2v) is 4.77. The van der Waals surface area contributed by atoms with Crippen molar-refractivity contribution >= 4 is 11.6 Å². The van der Waals surface area contributed by atoms with Gasteiger partial charge in [-0.1, -0.05) is 19.1 Å². The summed E-state index contributed by atoms with van der Waals surface area (Å²) < 4.78 is 5.09. The summed E-state index contributed by atoms with van der Waals surface area (Å²) in [5, 5.41) is 2.95. The lowest BCUT2D eigenvalue weighted by atomic mass is 9.94. The molecular formula is C14H20N2O2. The molecule has 0 spiro atoms. The van der Waals surface area contributed by atoms with Crippen molar-refractivity contribution in [2.75, 3.05) is 19.0 Å². The topological polar surface area (TPSA) is 64.3 Å². The van der Waals surface area contributed by atoms with E-state index in [-0.39, 0.29) is 17.9 Å². The molecule has 3 N–H and O–H groups in total. The van der Waals surface area contributed by atoms with Gasteiger partial charge in [-0.05, 0) is 30.0 Å². The van der Waals surface area contributed by atoms with Crippen LogP contribution in [0.5, 0.6) is 0 Å². The highest BCUT2D eigenvalue weighted by Crippen LogP contribution is 2.37. The average Bonchev–Trinajstić information content (AvgIpc) is 2.65. The van der Waals surface area contributed by atoms with Crippen molar-refractivity contribution in [3.8, 4) is 0 Å². The van der Waals surface area contributed by atoms with Crippen LogP contribution >= 0.6 is 0 Å². The van der Waals surface area contributed by atoms with E-state index in [1.165, 1.54) is 0 Å². The van der Waals surface area contributed by atoms with Crippen molar-refractivity contribution in [1.29, 1.82) is 0 Å². The van der Waals surface area contributed by atoms with Crippen LogP contribution in [0.2, 0.25) is 0 Å². The number of nitrogens with one attached hydrogen (secondary N) is 1. The molecular weight excluding hydrogens is 228 g/mol. The zero-order chi connectivity index (χ0) is 13.3. The van der Waals surface area contributed by atoms with Crippen molar-refractivity contribution < 1.29 is 9.53 Å². The normalized spacial score (nSPS) is 19.6. The monoisotopic (exact) mass is 248 g/mol. The first-order chi connectivity index (χ1) is 8.58. The summed E-state index contributed by atoms with van der Waals surface area (Å²) in [5.41, 5.74) is 10.3. The van der Waals surface area contributed by atoms with Gasteiger partial charge in [0, 0.05) is 12.8 Å². The molecule has 0 bridgehead atoms. The third kappa shape index (κ3) is 2.13. The summed E-state index contributed by atoms with van der Waals surface area (Å²) in [6.07, 6.45) is 0.878. The molecule has 0 saturated heterocycles. The first kappa shape index (κ1) is 13.1. The number of nitrogens with two attached hydrogens (primary N) is 1. The lowest BCUT2D eigenvalue weighted by molar-refractivity contribution is -0.116. The van der Waals surface area contributed by atoms with E-state index >= 15 is 0 Å². The average molecular weight is 248 g/mol. The molecule has 0 radical (unpaired) electrons. The van der Waals surface area contributed by atoms with Crippen molar-refractivity contribution in [2.45, 2.75) is 32.2 Å². The molecule has 0 saturated carbocycles. The minimum absolute atomic E-state index is 0.0668. The van der Waals surface area contributed by atoms with Gasteiger partial charge in [-0.15, -0.1) is 0 Å². The molecule has 1 amide bonds. The zero-order valence-electron chi connectivity index (χ0n) is 11.1. The van der Waals surface area contributed by atoms with E-state index < -0.39 is 0 Å². The van der Waals surface area contributed by atoms with Gasteiger partial charge in [0.1, 0.15) is 0 Å². The largest absolute Gasteiger partial charge is 0.383 e. The van der Waals surface area contributed by atoms with E-state index in [1.54, 1.807) is 7.11 Å². The molecule has 2 unspecified atom stereocenters. The van der Waals surface area contributed by atoms with E-state index in [0.717, 1.165) is 28.8 Å². The standard InChI is InChI=1S/C14H20N2O2/c1-4-9-5-10(12(15)7-18-3)6-11-8(2)14(17)16-13(9)11/h5-6,8,12H,4,7,15H2,1-3H3,(H,16,17). The Balaban J connectivity index is 2.45. The fourth-order valence-electron chi connectivity index (χ4n) is 2.39. The number of amides is 1. The Labute approximate surface area is 108 Å². The fraction of sp³-hybridized carbons (Fsp3) is 0.500. The summed E-state index contributed by atoms with van der Waals surface area (Å²) in [6.45, 7) is 4.49. The van der Waals surface area contributed by atoms with E-state index in [4.69, 9.17) is 10.5 Å². The van der Waals surface area contributed by atoms with Crippen LogP contribution < -0.4 is 11.1 Å². The van der Waals surface area contributed by atoms with Crippen molar-refractivity contribution in [2.24, 2.45) is 5.73 Å². The van der Waals surface area contributed by atoms with E-state index in [9.17, 15) is 4.79 Å². The lowest BCUT2D eigenvalue weighted by Crippen LogP contribution is -2.16. The molecule has 0 fully saturated rings. The highest BCUT2D eigenvalue weighted by molar-refractivity contribution is 6.03. The minimum atomic E-state index is -0.145. The van der Waals surface area contributed by atoms with Crippen molar-refractivity contribution in [3.63, 3.8) is 0 Å². The molecule has 0 aliphatic carbocycles. The van der Waals surface area contributed by atoms with Gasteiger partial charge in [-0.2, -0.15) is 0 Å². The first-order valence-electron chi connectivity index (χ1n) is 6.30. The van der Waals surface area contributed by atoms with E-state index in [2.05, 4.69) is 18.3 Å². The molecule has 18 heavy (non-hydrogen) atoms. The number of carbonyl (C=O) groups excluding carboxylic acids is 1. The number of carbonyl (C=O) groups is 1. The summed E-state index contributed by atoms with van der Waals surface area (Å²) >= 11 is 0. The number of anilines is 1. The second kappa shape index (κ2) is 5.08. The SMILES string of the molecule is CCc1cc(C(N)COC)cc2c1NC(=O)C2C. The number of benzene rings is 1. The van der Waals surface area contributed by atoms with Gasteiger partial charge in [-0.3, -0.25) is 4.79 Å². The van der Waals surface area contributed by atoms with Gasteiger partial charge in [-0.25, -0.2) is 0 Å². The highest BCUT2D eigenvalue weighted by Gasteiger charge is 2.29. The molecule has 1 heterocycles. The van der Waals surface area contributed by atoms with Crippen LogP contribution in [0.25, 0.3) is 0 Å². The van der Waals surface area contributed by atoms with Gasteiger partial charge in [0.05, 0.1) is 18.6 Å². The van der Waals surface area contributed by atoms with Crippen molar-refractivity contribution in [1.82, 2.24) is 0 Å². The van der Waals surface area contributed by atoms with E-state index in [0.29, 0.717) is 6.61 Å². The quantitative estimate of drug-likeness (QED) is 0.856. The first-order valence-corrected chi connectivity index (χ1v) is 6.30. The predicted molar refractivity (Wildman–Crippen MR) is 71.7 cm³/mol. The second-order valence-electron chi connectivity index (χ2n) is 4.77. The summed E-state index contributed by atoms with van der Waals surface area (Å²) in [5.74, 6) is -0.0304. The van der Waals surface area contributed by atoms with Crippen LogP contribution in [0.4, 0.5) is 5.69 Å². The Bertz CT molecular complexity index is 471. The molecule has 1 aliphatic rings. The third-order valence-corrected chi connectivity index (χ3v) is 3.54.